The van der Waals surface area contributed by atoms with Crippen molar-refractivity contribution < 1.29 is 44.1 Å². The van der Waals surface area contributed by atoms with Crippen LogP contribution in [0.15, 0.2) is 36.4 Å². The van der Waals surface area contributed by atoms with Crippen molar-refractivity contribution in [2.24, 2.45) is 5.73 Å². The van der Waals surface area contributed by atoms with Crippen LogP contribution in [0.1, 0.15) is 88.3 Å². The number of nitrogens with one attached hydrogen (secondary N) is 4. The van der Waals surface area contributed by atoms with Gasteiger partial charge in [0.05, 0.1) is 6.54 Å². The van der Waals surface area contributed by atoms with Crippen molar-refractivity contribution in [1.29, 1.82) is 0 Å². The van der Waals surface area contributed by atoms with Crippen molar-refractivity contribution in [2.45, 2.75) is 95.7 Å². The number of carboxylic acids is 1. The first-order valence-electron chi connectivity index (χ1n) is 17.8. The average molecular weight is 725 g/mol. The summed E-state index contributed by atoms with van der Waals surface area (Å²) >= 11 is 0. The number of nitrogens with two attached hydrogens (primary N) is 1. The van der Waals surface area contributed by atoms with Gasteiger partial charge in [-0.3, -0.25) is 24.0 Å². The van der Waals surface area contributed by atoms with Crippen LogP contribution >= 0.6 is 0 Å². The first-order chi connectivity index (χ1) is 24.9. The van der Waals surface area contributed by atoms with Crippen LogP contribution in [-0.2, 0) is 35.2 Å². The fraction of sp³-hybridized carbons (Fsp3) is 0.514. The van der Waals surface area contributed by atoms with Crippen LogP contribution in [0.2, 0.25) is 0 Å². The SMILES string of the molecule is CCCCCCCC(=O)NCCC(=O)N[C@@H](CCCCN)C(=O)N(C)[C@@H]1C(=O)NCC(=O)N[C@H](C(=O)O)Cc2ccc(O)c(c2)-c2cc1ccc2O. The summed E-state index contributed by atoms with van der Waals surface area (Å²) in [5, 5.41) is 41.7. The van der Waals surface area contributed by atoms with Gasteiger partial charge in [0, 0.05) is 44.0 Å². The Kier molecular flexibility index (Phi) is 16.4. The Morgan fingerprint density at radius 3 is 2.31 bits per heavy atom. The highest BCUT2D eigenvalue weighted by atomic mass is 16.4. The summed E-state index contributed by atoms with van der Waals surface area (Å²) in [7, 11) is 1.36. The Bertz CT molecular complexity index is 1580. The zero-order valence-corrected chi connectivity index (χ0v) is 29.9. The number of nitrogens with zero attached hydrogens (tertiary/aromatic N) is 1. The second-order valence-corrected chi connectivity index (χ2v) is 13.0. The van der Waals surface area contributed by atoms with E-state index in [0.717, 1.165) is 37.0 Å². The molecule has 0 saturated carbocycles. The molecule has 0 unspecified atom stereocenters. The Balaban J connectivity index is 1.88. The molecule has 15 nitrogen and oxygen atoms in total. The zero-order chi connectivity index (χ0) is 38.2. The number of hydrogen-bond acceptors (Lipinski definition) is 9. The number of carbonyl (C=O) groups is 6. The van der Waals surface area contributed by atoms with Crippen LogP contribution in [0.3, 0.4) is 0 Å². The molecule has 0 aromatic heterocycles. The van der Waals surface area contributed by atoms with E-state index in [0.29, 0.717) is 31.4 Å². The lowest BCUT2D eigenvalue weighted by Gasteiger charge is -2.32. The number of fused-ring (bicyclic) bond motifs is 5. The lowest BCUT2D eigenvalue weighted by atomic mass is 9.94. The predicted molar refractivity (Wildman–Crippen MR) is 193 cm³/mol. The Hall–Kier alpha value is -5.18. The van der Waals surface area contributed by atoms with Crippen molar-refractivity contribution in [3.63, 3.8) is 0 Å². The van der Waals surface area contributed by atoms with Gasteiger partial charge in [0.2, 0.25) is 29.5 Å². The summed E-state index contributed by atoms with van der Waals surface area (Å²) in [6.07, 6.45) is 6.41. The van der Waals surface area contributed by atoms with Gasteiger partial charge in [-0.2, -0.15) is 0 Å². The number of hydrogen-bond donors (Lipinski definition) is 8. The summed E-state index contributed by atoms with van der Waals surface area (Å²) in [6.45, 7) is 1.95. The molecule has 4 bridgehead atoms. The molecule has 52 heavy (non-hydrogen) atoms. The molecule has 15 heteroatoms. The Morgan fingerprint density at radius 1 is 0.923 bits per heavy atom. The lowest BCUT2D eigenvalue weighted by molar-refractivity contribution is -0.143. The molecule has 0 saturated heterocycles. The molecule has 1 heterocycles. The highest BCUT2D eigenvalue weighted by Gasteiger charge is 2.34. The molecule has 9 N–H and O–H groups in total. The zero-order valence-electron chi connectivity index (χ0n) is 29.9. The van der Waals surface area contributed by atoms with Gasteiger partial charge in [-0.15, -0.1) is 0 Å². The highest BCUT2D eigenvalue weighted by molar-refractivity contribution is 5.95. The van der Waals surface area contributed by atoms with Gasteiger partial charge in [-0.05, 0) is 67.6 Å². The van der Waals surface area contributed by atoms with Gasteiger partial charge in [0.1, 0.15) is 29.6 Å². The van der Waals surface area contributed by atoms with E-state index in [1.807, 2.05) is 0 Å². The molecule has 3 atom stereocenters. The molecule has 1 aliphatic rings. The molecule has 3 rings (SSSR count). The summed E-state index contributed by atoms with van der Waals surface area (Å²) < 4.78 is 0. The summed E-state index contributed by atoms with van der Waals surface area (Å²) in [5.41, 5.74) is 6.58. The molecule has 284 valence electrons. The van der Waals surface area contributed by atoms with Gasteiger partial charge < -0.3 is 47.2 Å². The third-order valence-electron chi connectivity index (χ3n) is 8.93. The van der Waals surface area contributed by atoms with Crippen LogP contribution in [-0.4, -0.2) is 94.5 Å². The van der Waals surface area contributed by atoms with Crippen molar-refractivity contribution in [3.05, 3.63) is 47.5 Å². The van der Waals surface area contributed by atoms with E-state index < -0.39 is 54.3 Å². The second kappa shape index (κ2) is 20.6. The number of benzene rings is 2. The monoisotopic (exact) mass is 724 g/mol. The van der Waals surface area contributed by atoms with Crippen molar-refractivity contribution >= 4 is 35.5 Å². The number of phenols is 2. The standard InChI is InChI=1S/C37H52N6O9/c1-3-4-5-6-7-11-31(46)39-18-16-32(47)41-27(10-8-9-17-38)36(50)43(2)34-24-13-15-30(45)26(21-24)25-19-23(12-14-29(25)44)20-28(37(51)52)42-33(48)22-40-35(34)49/h12-15,19,21,27-28,34,44-45H,3-11,16-18,20,22,38H2,1-2H3,(H,39,46)(H,40,49)(H,41,47)(H,42,48)(H,51,52)/t27-,28-,34-/m0/s1. The van der Waals surface area contributed by atoms with E-state index in [1.165, 1.54) is 43.4 Å². The molecular weight excluding hydrogens is 672 g/mol. The van der Waals surface area contributed by atoms with Crippen LogP contribution in [0, 0.1) is 0 Å². The Labute approximate surface area is 303 Å². The number of unbranched alkanes of at least 4 members (excludes halogenated alkanes) is 5. The maximum atomic E-state index is 14.1. The number of carbonyl (C=O) groups excluding carboxylic acids is 5. The summed E-state index contributed by atoms with van der Waals surface area (Å²) in [4.78, 5) is 79.0. The molecule has 5 amide bonds. The molecular formula is C37H52N6O9. The molecule has 0 fully saturated rings. The number of aliphatic carboxylic acids is 1. The maximum Gasteiger partial charge on any atom is 0.326 e. The van der Waals surface area contributed by atoms with E-state index in [9.17, 15) is 44.1 Å². The Morgan fingerprint density at radius 2 is 1.62 bits per heavy atom. The van der Waals surface area contributed by atoms with Gasteiger partial charge in [-0.25, -0.2) is 4.79 Å². The van der Waals surface area contributed by atoms with Crippen LogP contribution in [0.4, 0.5) is 0 Å². The quantitative estimate of drug-likeness (QED) is 0.110. The molecule has 0 aliphatic carbocycles. The van der Waals surface area contributed by atoms with Gasteiger partial charge in [0.15, 0.2) is 0 Å². The fourth-order valence-corrected chi connectivity index (χ4v) is 6.04. The second-order valence-electron chi connectivity index (χ2n) is 13.0. The minimum Gasteiger partial charge on any atom is -0.507 e. The maximum absolute atomic E-state index is 14.1. The fourth-order valence-electron chi connectivity index (χ4n) is 6.04. The highest BCUT2D eigenvalue weighted by Crippen LogP contribution is 2.38. The number of phenolic OH excluding ortho intramolecular Hbond substituents is 2. The average Bonchev–Trinajstić information content (AvgIpc) is 3.10. The van der Waals surface area contributed by atoms with Gasteiger partial charge >= 0.3 is 5.97 Å². The van der Waals surface area contributed by atoms with Gasteiger partial charge in [0.25, 0.3) is 0 Å². The third kappa shape index (κ3) is 12.2. The van der Waals surface area contributed by atoms with Crippen molar-refractivity contribution in [1.82, 2.24) is 26.2 Å². The molecule has 1 aliphatic heterocycles. The first-order valence-corrected chi connectivity index (χ1v) is 17.8. The molecule has 2 aromatic carbocycles. The molecule has 2 aromatic rings. The number of likely N-dealkylation sites (N-methyl/N-ethyl adjacent to an activating group) is 1. The topological polar surface area (TPSA) is 240 Å². The number of carboxylic acid groups (broad SMARTS) is 1. The largest absolute Gasteiger partial charge is 0.507 e. The molecule has 0 spiro atoms. The van der Waals surface area contributed by atoms with E-state index in [2.05, 4.69) is 28.2 Å². The number of amides is 5. The smallest absolute Gasteiger partial charge is 0.326 e. The molecule has 0 radical (unpaired) electrons. The van der Waals surface area contributed by atoms with Crippen LogP contribution in [0.25, 0.3) is 11.1 Å². The van der Waals surface area contributed by atoms with Gasteiger partial charge in [-0.1, -0.05) is 44.7 Å². The van der Waals surface area contributed by atoms with E-state index in [1.54, 1.807) is 0 Å². The van der Waals surface area contributed by atoms with E-state index >= 15 is 0 Å². The van der Waals surface area contributed by atoms with E-state index in [4.69, 9.17) is 5.73 Å². The minimum absolute atomic E-state index is 0.0772. The number of rotatable bonds is 17. The van der Waals surface area contributed by atoms with Crippen LogP contribution in [0.5, 0.6) is 11.5 Å². The van der Waals surface area contributed by atoms with Crippen molar-refractivity contribution in [2.75, 3.05) is 26.7 Å². The van der Waals surface area contributed by atoms with Crippen molar-refractivity contribution in [3.8, 4) is 22.6 Å². The lowest BCUT2D eigenvalue weighted by Crippen LogP contribution is -2.52. The summed E-state index contributed by atoms with van der Waals surface area (Å²) in [5.74, 6) is -4.66. The summed E-state index contributed by atoms with van der Waals surface area (Å²) in [6, 6.07) is 4.62. The first kappa shape index (κ1) is 41.2. The van der Waals surface area contributed by atoms with Crippen LogP contribution < -0.4 is 27.0 Å². The number of aromatic hydroxyl groups is 2. The third-order valence-corrected chi connectivity index (χ3v) is 8.93. The minimum atomic E-state index is -1.39. The predicted octanol–water partition coefficient (Wildman–Crippen LogP) is 1.99. The van der Waals surface area contributed by atoms with E-state index in [-0.39, 0.29) is 59.9 Å². The normalized spacial score (nSPS) is 16.4.